The van der Waals surface area contributed by atoms with Gasteiger partial charge in [-0.15, -0.1) is 11.6 Å². The highest BCUT2D eigenvalue weighted by atomic mass is 35.5. The van der Waals surface area contributed by atoms with E-state index in [1.54, 1.807) is 0 Å². The Kier molecular flexibility index (Phi) is 4.30. The minimum atomic E-state index is 0.586. The lowest BCUT2D eigenvalue weighted by molar-refractivity contribution is 0.366. The highest BCUT2D eigenvalue weighted by Gasteiger charge is 2.26. The van der Waals surface area contributed by atoms with Crippen LogP contribution in [0.15, 0.2) is 24.3 Å². The van der Waals surface area contributed by atoms with E-state index in [2.05, 4.69) is 35.9 Å². The number of para-hydroxylation sites is 1. The van der Waals surface area contributed by atoms with E-state index >= 15 is 0 Å². The molecule has 0 amide bonds. The first-order valence-corrected chi connectivity index (χ1v) is 8.37. The number of benzene rings is 1. The molecule has 1 atom stereocenters. The molecule has 2 nitrogen and oxygen atoms in total. The number of fused-ring (bicyclic) bond motifs is 1. The maximum Gasteiger partial charge on any atom is 0.0706 e. The monoisotopic (exact) mass is 290 g/mol. The molecule has 0 spiro atoms. The van der Waals surface area contributed by atoms with Crippen molar-refractivity contribution in [3.8, 4) is 0 Å². The molecule has 0 bridgehead atoms. The van der Waals surface area contributed by atoms with Gasteiger partial charge in [0.2, 0.25) is 0 Å². The van der Waals surface area contributed by atoms with Crippen LogP contribution in [0.3, 0.4) is 0 Å². The van der Waals surface area contributed by atoms with E-state index in [1.165, 1.54) is 42.3 Å². The second-order valence-electron chi connectivity index (χ2n) is 5.94. The third kappa shape index (κ3) is 2.58. The van der Waals surface area contributed by atoms with E-state index in [4.69, 9.17) is 16.7 Å². The molecule has 1 unspecified atom stereocenters. The number of aromatic nitrogens is 2. The third-order valence-electron chi connectivity index (χ3n) is 4.75. The van der Waals surface area contributed by atoms with Gasteiger partial charge < -0.3 is 0 Å². The summed E-state index contributed by atoms with van der Waals surface area (Å²) in [5.41, 5.74) is 2.49. The normalized spacial score (nSPS) is 17.9. The van der Waals surface area contributed by atoms with Crippen molar-refractivity contribution >= 4 is 22.5 Å². The Bertz CT molecular complexity index is 569. The van der Waals surface area contributed by atoms with Crippen LogP contribution in [-0.2, 0) is 13.0 Å². The molecule has 0 aliphatic heterocycles. The number of alkyl halides is 1. The van der Waals surface area contributed by atoms with E-state index in [9.17, 15) is 0 Å². The lowest BCUT2D eigenvalue weighted by Gasteiger charge is -2.20. The van der Waals surface area contributed by atoms with E-state index in [0.29, 0.717) is 5.92 Å². The van der Waals surface area contributed by atoms with Crippen LogP contribution in [0.2, 0.25) is 0 Å². The second-order valence-corrected chi connectivity index (χ2v) is 6.25. The molecule has 1 saturated carbocycles. The fourth-order valence-corrected chi connectivity index (χ4v) is 3.97. The van der Waals surface area contributed by atoms with Crippen molar-refractivity contribution in [2.24, 2.45) is 11.8 Å². The Balaban J connectivity index is 1.89. The Labute approximate surface area is 126 Å². The van der Waals surface area contributed by atoms with Gasteiger partial charge >= 0.3 is 0 Å². The number of hydrogen-bond donors (Lipinski definition) is 0. The summed E-state index contributed by atoms with van der Waals surface area (Å²) >= 11 is 6.25. The molecule has 2 aromatic rings. The van der Waals surface area contributed by atoms with Gasteiger partial charge in [0.25, 0.3) is 0 Å². The molecule has 0 saturated heterocycles. The largest absolute Gasteiger partial charge is 0.265 e. The molecule has 1 heterocycles. The predicted octanol–water partition coefficient (Wildman–Crippen LogP) is 4.64. The molecule has 1 aromatic heterocycles. The maximum atomic E-state index is 6.25. The average molecular weight is 291 g/mol. The van der Waals surface area contributed by atoms with Crippen molar-refractivity contribution in [1.29, 1.82) is 0 Å². The summed E-state index contributed by atoms with van der Waals surface area (Å²) in [7, 11) is 0. The van der Waals surface area contributed by atoms with Gasteiger partial charge in [-0.05, 0) is 31.2 Å². The summed E-state index contributed by atoms with van der Waals surface area (Å²) in [6.45, 7) is 3.08. The van der Waals surface area contributed by atoms with Gasteiger partial charge in [-0.1, -0.05) is 43.9 Å². The van der Waals surface area contributed by atoms with E-state index in [-0.39, 0.29) is 0 Å². The lowest BCUT2D eigenvalue weighted by atomic mass is 9.88. The minimum Gasteiger partial charge on any atom is -0.265 e. The van der Waals surface area contributed by atoms with Gasteiger partial charge in [-0.2, -0.15) is 5.10 Å². The van der Waals surface area contributed by atoms with Gasteiger partial charge in [-0.3, -0.25) is 4.68 Å². The molecule has 1 aliphatic carbocycles. The average Bonchev–Trinajstić information content (AvgIpc) is 3.13. The topological polar surface area (TPSA) is 17.8 Å². The van der Waals surface area contributed by atoms with Crippen LogP contribution in [0.1, 0.15) is 38.3 Å². The van der Waals surface area contributed by atoms with Crippen LogP contribution < -0.4 is 0 Å². The Hall–Kier alpha value is -1.02. The van der Waals surface area contributed by atoms with Crippen molar-refractivity contribution in [1.82, 2.24) is 9.78 Å². The van der Waals surface area contributed by atoms with Crippen LogP contribution >= 0.6 is 11.6 Å². The summed E-state index contributed by atoms with van der Waals surface area (Å²) in [5.74, 6) is 2.15. The number of halogens is 1. The summed E-state index contributed by atoms with van der Waals surface area (Å²) in [5, 5.41) is 6.13. The third-order valence-corrected chi connectivity index (χ3v) is 5.15. The van der Waals surface area contributed by atoms with E-state index < -0.39 is 0 Å². The van der Waals surface area contributed by atoms with Gasteiger partial charge in [0, 0.05) is 17.8 Å². The molecule has 20 heavy (non-hydrogen) atoms. The summed E-state index contributed by atoms with van der Waals surface area (Å²) < 4.78 is 2.12. The molecule has 1 aromatic carbocycles. The van der Waals surface area contributed by atoms with Gasteiger partial charge in [-0.25, -0.2) is 0 Å². The van der Waals surface area contributed by atoms with Crippen molar-refractivity contribution < 1.29 is 0 Å². The van der Waals surface area contributed by atoms with Gasteiger partial charge in [0.05, 0.1) is 11.2 Å². The van der Waals surface area contributed by atoms with Crippen LogP contribution in [0.25, 0.3) is 10.9 Å². The Morgan fingerprint density at radius 1 is 1.30 bits per heavy atom. The van der Waals surface area contributed by atoms with Crippen molar-refractivity contribution in [3.63, 3.8) is 0 Å². The smallest absolute Gasteiger partial charge is 0.0706 e. The predicted molar refractivity (Wildman–Crippen MR) is 85.3 cm³/mol. The molecule has 1 aliphatic rings. The van der Waals surface area contributed by atoms with Crippen molar-refractivity contribution in [3.05, 3.63) is 30.0 Å². The fraction of sp³-hybridized carbons (Fsp3) is 0.588. The van der Waals surface area contributed by atoms with Crippen molar-refractivity contribution in [2.45, 2.75) is 45.6 Å². The lowest BCUT2D eigenvalue weighted by Crippen LogP contribution is -2.17. The number of aryl methyl sites for hydroxylation is 1. The summed E-state index contributed by atoms with van der Waals surface area (Å²) in [6, 6.07) is 8.57. The highest BCUT2D eigenvalue weighted by molar-refractivity contribution is 6.18. The van der Waals surface area contributed by atoms with Crippen LogP contribution in [0.5, 0.6) is 0 Å². The minimum absolute atomic E-state index is 0.586. The molecule has 3 heteroatoms. The summed E-state index contributed by atoms with van der Waals surface area (Å²) in [4.78, 5) is 0. The number of rotatable bonds is 5. The molecule has 1 fully saturated rings. The van der Waals surface area contributed by atoms with Gasteiger partial charge in [0.15, 0.2) is 0 Å². The molecule has 0 N–H and O–H groups in total. The first kappa shape index (κ1) is 13.9. The zero-order chi connectivity index (χ0) is 13.9. The van der Waals surface area contributed by atoms with E-state index in [1.807, 2.05) is 0 Å². The standard InChI is InChI=1S/C17H23ClN2/c1-2-20-17-10-6-5-9-15(17)16(19-20)11-14(12-18)13-7-3-4-8-13/h5-6,9-10,13-14H,2-4,7-8,11-12H2,1H3. The Morgan fingerprint density at radius 2 is 2.05 bits per heavy atom. The first-order valence-electron chi connectivity index (χ1n) is 7.84. The maximum absolute atomic E-state index is 6.25. The molecule has 108 valence electrons. The van der Waals surface area contributed by atoms with Crippen LogP contribution in [-0.4, -0.2) is 15.7 Å². The zero-order valence-electron chi connectivity index (χ0n) is 12.2. The molecular formula is C17H23ClN2. The second kappa shape index (κ2) is 6.17. The van der Waals surface area contributed by atoms with Crippen LogP contribution in [0, 0.1) is 11.8 Å². The van der Waals surface area contributed by atoms with Crippen molar-refractivity contribution in [2.75, 3.05) is 5.88 Å². The fourth-order valence-electron chi connectivity index (χ4n) is 3.61. The first-order chi connectivity index (χ1) is 9.83. The molecule has 3 rings (SSSR count). The summed E-state index contributed by atoms with van der Waals surface area (Å²) in [6.07, 6.45) is 6.49. The van der Waals surface area contributed by atoms with Gasteiger partial charge in [0.1, 0.15) is 0 Å². The number of hydrogen-bond acceptors (Lipinski definition) is 1. The quantitative estimate of drug-likeness (QED) is 0.733. The molecular weight excluding hydrogens is 268 g/mol. The zero-order valence-corrected chi connectivity index (χ0v) is 12.9. The van der Waals surface area contributed by atoms with E-state index in [0.717, 1.165) is 24.8 Å². The molecule has 0 radical (unpaired) electrons. The number of nitrogens with zero attached hydrogens (tertiary/aromatic N) is 2. The SMILES string of the molecule is CCn1nc(CC(CCl)C2CCCC2)c2ccccc21. The Morgan fingerprint density at radius 3 is 2.75 bits per heavy atom. The highest BCUT2D eigenvalue weighted by Crippen LogP contribution is 2.34. The van der Waals surface area contributed by atoms with Crippen LogP contribution in [0.4, 0.5) is 0 Å².